The lowest BCUT2D eigenvalue weighted by Gasteiger charge is -2.09. The van der Waals surface area contributed by atoms with Gasteiger partial charge in [0.1, 0.15) is 0 Å². The van der Waals surface area contributed by atoms with E-state index < -0.39 is 10.0 Å². The first kappa shape index (κ1) is 17.7. The molecule has 1 aromatic heterocycles. The second kappa shape index (κ2) is 7.86. The van der Waals surface area contributed by atoms with Crippen molar-refractivity contribution < 1.29 is 8.42 Å². The van der Waals surface area contributed by atoms with Gasteiger partial charge in [-0.3, -0.25) is 4.57 Å². The molecule has 1 heterocycles. The maximum Gasteiger partial charge on any atom is 0.240 e. The Balaban J connectivity index is 1.60. The van der Waals surface area contributed by atoms with Crippen molar-refractivity contribution in [3.8, 4) is 5.69 Å². The fourth-order valence-electron chi connectivity index (χ4n) is 2.37. The predicted molar refractivity (Wildman–Crippen MR) is 101 cm³/mol. The molecule has 0 radical (unpaired) electrons. The molecule has 130 valence electrons. The molecule has 0 aliphatic rings. The van der Waals surface area contributed by atoms with E-state index in [4.69, 9.17) is 0 Å². The largest absolute Gasteiger partial charge is 0.295 e. The zero-order chi connectivity index (χ0) is 17.7. The van der Waals surface area contributed by atoms with Crippen molar-refractivity contribution >= 4 is 21.8 Å². The van der Waals surface area contributed by atoms with Crippen molar-refractivity contribution in [3.63, 3.8) is 0 Å². The van der Waals surface area contributed by atoms with Gasteiger partial charge in [0.2, 0.25) is 10.0 Å². The summed E-state index contributed by atoms with van der Waals surface area (Å²) in [7, 11) is -3.46. The summed E-state index contributed by atoms with van der Waals surface area (Å²) >= 11 is 1.52. The van der Waals surface area contributed by atoms with E-state index in [1.165, 1.54) is 17.3 Å². The van der Waals surface area contributed by atoms with Gasteiger partial charge in [0, 0.05) is 30.4 Å². The summed E-state index contributed by atoms with van der Waals surface area (Å²) < 4.78 is 29.0. The highest BCUT2D eigenvalue weighted by Gasteiger charge is 2.13. The van der Waals surface area contributed by atoms with Gasteiger partial charge in [-0.1, -0.05) is 42.1 Å². The monoisotopic (exact) mass is 373 g/mol. The molecule has 0 saturated carbocycles. The molecule has 0 spiro atoms. The molecule has 0 saturated heterocycles. The van der Waals surface area contributed by atoms with Crippen LogP contribution in [0.25, 0.3) is 5.69 Å². The molecule has 5 nitrogen and oxygen atoms in total. The van der Waals surface area contributed by atoms with Crippen molar-refractivity contribution in [1.82, 2.24) is 14.3 Å². The fourth-order valence-corrected chi connectivity index (χ4v) is 4.38. The van der Waals surface area contributed by atoms with Crippen molar-refractivity contribution in [3.05, 3.63) is 72.6 Å². The Morgan fingerprint density at radius 2 is 1.92 bits per heavy atom. The standard InChI is InChI=1S/C18H19N3O2S2/c1-15-6-5-7-16(14-15)21-12-10-19-18(21)24-13-11-20-25(22,23)17-8-3-2-4-9-17/h2-10,12,14,20H,11,13H2,1H3. The molecule has 2 aromatic carbocycles. The molecule has 25 heavy (non-hydrogen) atoms. The minimum absolute atomic E-state index is 0.279. The second-order valence-corrected chi connectivity index (χ2v) is 8.31. The third-order valence-electron chi connectivity index (χ3n) is 3.57. The van der Waals surface area contributed by atoms with E-state index >= 15 is 0 Å². The summed E-state index contributed by atoms with van der Waals surface area (Å²) in [6, 6.07) is 16.5. The molecular formula is C18H19N3O2S2. The molecule has 0 aliphatic carbocycles. The van der Waals surface area contributed by atoms with E-state index in [9.17, 15) is 8.42 Å². The van der Waals surface area contributed by atoms with Crippen LogP contribution in [0.4, 0.5) is 0 Å². The average Bonchev–Trinajstić information content (AvgIpc) is 3.08. The van der Waals surface area contributed by atoms with E-state index in [1.54, 1.807) is 36.5 Å². The molecule has 0 aliphatic heterocycles. The maximum atomic E-state index is 12.2. The smallest absolute Gasteiger partial charge is 0.240 e. The van der Waals surface area contributed by atoms with E-state index in [0.29, 0.717) is 12.3 Å². The highest BCUT2D eigenvalue weighted by molar-refractivity contribution is 7.99. The van der Waals surface area contributed by atoms with E-state index in [2.05, 4.69) is 15.8 Å². The van der Waals surface area contributed by atoms with Crippen LogP contribution < -0.4 is 4.72 Å². The zero-order valence-electron chi connectivity index (χ0n) is 13.8. The van der Waals surface area contributed by atoms with Gasteiger partial charge >= 0.3 is 0 Å². The zero-order valence-corrected chi connectivity index (χ0v) is 15.4. The van der Waals surface area contributed by atoms with Crippen LogP contribution >= 0.6 is 11.8 Å². The van der Waals surface area contributed by atoms with Gasteiger partial charge in [0.05, 0.1) is 4.90 Å². The first-order chi connectivity index (χ1) is 12.1. The number of aromatic nitrogens is 2. The first-order valence-electron chi connectivity index (χ1n) is 7.84. The van der Waals surface area contributed by atoms with Crippen LogP contribution in [0.2, 0.25) is 0 Å². The number of imidazole rings is 1. The summed E-state index contributed by atoms with van der Waals surface area (Å²) in [5, 5.41) is 0.838. The molecule has 3 aromatic rings. The van der Waals surface area contributed by atoms with E-state index in [-0.39, 0.29) is 4.90 Å². The summed E-state index contributed by atoms with van der Waals surface area (Å²) in [5.41, 5.74) is 2.22. The number of sulfonamides is 1. The molecule has 1 N–H and O–H groups in total. The molecular weight excluding hydrogens is 354 g/mol. The van der Waals surface area contributed by atoms with Crippen LogP contribution in [-0.2, 0) is 10.0 Å². The lowest BCUT2D eigenvalue weighted by atomic mass is 10.2. The molecule has 0 atom stereocenters. The average molecular weight is 374 g/mol. The topological polar surface area (TPSA) is 64.0 Å². The molecule has 7 heteroatoms. The van der Waals surface area contributed by atoms with Crippen LogP contribution in [0.15, 0.2) is 77.0 Å². The number of hydrogen-bond acceptors (Lipinski definition) is 4. The number of benzene rings is 2. The van der Waals surface area contributed by atoms with E-state index in [0.717, 1.165) is 10.8 Å². The Bertz CT molecular complexity index is 938. The molecule has 3 rings (SSSR count). The van der Waals surface area contributed by atoms with Gasteiger partial charge < -0.3 is 0 Å². The van der Waals surface area contributed by atoms with Crippen LogP contribution in [0.3, 0.4) is 0 Å². The number of thioether (sulfide) groups is 1. The van der Waals surface area contributed by atoms with Gasteiger partial charge in [0.15, 0.2) is 5.16 Å². The number of nitrogens with zero attached hydrogens (tertiary/aromatic N) is 2. The van der Waals surface area contributed by atoms with Gasteiger partial charge in [0.25, 0.3) is 0 Å². The Labute approximate surface area is 152 Å². The number of rotatable bonds is 7. The number of nitrogens with one attached hydrogen (secondary N) is 1. The van der Waals surface area contributed by atoms with Gasteiger partial charge in [-0.25, -0.2) is 18.1 Å². The second-order valence-electron chi connectivity index (χ2n) is 5.48. The van der Waals surface area contributed by atoms with Crippen LogP contribution in [0.1, 0.15) is 5.56 Å². The van der Waals surface area contributed by atoms with Gasteiger partial charge in [-0.2, -0.15) is 0 Å². The summed E-state index contributed by atoms with van der Waals surface area (Å²) in [6.07, 6.45) is 3.66. The van der Waals surface area contributed by atoms with E-state index in [1.807, 2.05) is 35.9 Å². The SMILES string of the molecule is Cc1cccc(-n2ccnc2SCCNS(=O)(=O)c2ccccc2)c1. The minimum Gasteiger partial charge on any atom is -0.295 e. The Kier molecular flexibility index (Phi) is 5.57. The van der Waals surface area contributed by atoms with Gasteiger partial charge in [-0.15, -0.1) is 0 Å². The van der Waals surface area contributed by atoms with Crippen molar-refractivity contribution in [1.29, 1.82) is 0 Å². The third kappa shape index (κ3) is 4.50. The Morgan fingerprint density at radius 1 is 1.12 bits per heavy atom. The lowest BCUT2D eigenvalue weighted by molar-refractivity contribution is 0.584. The van der Waals surface area contributed by atoms with Crippen molar-refractivity contribution in [2.75, 3.05) is 12.3 Å². The maximum absolute atomic E-state index is 12.2. The summed E-state index contributed by atoms with van der Waals surface area (Å²) in [4.78, 5) is 4.64. The minimum atomic E-state index is -3.46. The summed E-state index contributed by atoms with van der Waals surface area (Å²) in [5.74, 6) is 0.592. The first-order valence-corrected chi connectivity index (χ1v) is 10.3. The van der Waals surface area contributed by atoms with Crippen molar-refractivity contribution in [2.45, 2.75) is 17.0 Å². The predicted octanol–water partition coefficient (Wildman–Crippen LogP) is 3.25. The number of aryl methyl sites for hydroxylation is 1. The fraction of sp³-hybridized carbons (Fsp3) is 0.167. The highest BCUT2D eigenvalue weighted by atomic mass is 32.2. The normalized spacial score (nSPS) is 11.6. The third-order valence-corrected chi connectivity index (χ3v) is 6.01. The van der Waals surface area contributed by atoms with Crippen LogP contribution in [0, 0.1) is 6.92 Å². The molecule has 0 amide bonds. The highest BCUT2D eigenvalue weighted by Crippen LogP contribution is 2.20. The lowest BCUT2D eigenvalue weighted by Crippen LogP contribution is -2.26. The quantitative estimate of drug-likeness (QED) is 0.510. The Hall–Kier alpha value is -2.09. The molecule has 0 fully saturated rings. The van der Waals surface area contributed by atoms with Gasteiger partial charge in [-0.05, 0) is 36.8 Å². The summed E-state index contributed by atoms with van der Waals surface area (Å²) in [6.45, 7) is 2.38. The molecule has 0 bridgehead atoms. The van der Waals surface area contributed by atoms with Crippen LogP contribution in [0.5, 0.6) is 0 Å². The molecule has 0 unspecified atom stereocenters. The Morgan fingerprint density at radius 3 is 2.68 bits per heavy atom. The van der Waals surface area contributed by atoms with Crippen molar-refractivity contribution in [2.24, 2.45) is 0 Å². The van der Waals surface area contributed by atoms with Crippen LogP contribution in [-0.4, -0.2) is 30.3 Å². The number of hydrogen-bond donors (Lipinski definition) is 1.